The molecule has 1 amide bonds. The van der Waals surface area contributed by atoms with Gasteiger partial charge in [-0.2, -0.15) is 0 Å². The highest BCUT2D eigenvalue weighted by atomic mass is 16.1. The maximum atomic E-state index is 12.8. The van der Waals surface area contributed by atoms with Crippen molar-refractivity contribution in [3.8, 4) is 0 Å². The van der Waals surface area contributed by atoms with E-state index in [0.717, 1.165) is 30.9 Å². The van der Waals surface area contributed by atoms with Crippen LogP contribution < -0.4 is 10.2 Å². The lowest BCUT2D eigenvalue weighted by atomic mass is 10.0. The number of fused-ring (bicyclic) bond motifs is 1. The summed E-state index contributed by atoms with van der Waals surface area (Å²) in [4.78, 5) is 24.1. The number of aryl methyl sites for hydroxylation is 1. The lowest BCUT2D eigenvalue weighted by molar-refractivity contribution is 0.102. The Labute approximate surface area is 171 Å². The van der Waals surface area contributed by atoms with Gasteiger partial charge in [-0.05, 0) is 54.2 Å². The summed E-state index contributed by atoms with van der Waals surface area (Å²) in [7, 11) is 0. The molecule has 1 aromatic heterocycles. The summed E-state index contributed by atoms with van der Waals surface area (Å²) in [6.07, 6.45) is 0.956. The van der Waals surface area contributed by atoms with Crippen LogP contribution in [0.3, 0.4) is 0 Å². The Balaban J connectivity index is 1.53. The lowest BCUT2D eigenvalue weighted by Gasteiger charge is -2.29. The predicted molar refractivity (Wildman–Crippen MR) is 116 cm³/mol. The number of amides is 1. The van der Waals surface area contributed by atoms with Crippen LogP contribution in [0, 0.1) is 6.92 Å². The van der Waals surface area contributed by atoms with Crippen LogP contribution in [0.2, 0.25) is 0 Å². The average molecular weight is 386 g/mol. The fourth-order valence-electron chi connectivity index (χ4n) is 3.62. The van der Waals surface area contributed by atoms with Crippen LogP contribution in [0.15, 0.2) is 54.6 Å². The first kappa shape index (κ1) is 19.1. The summed E-state index contributed by atoms with van der Waals surface area (Å²) in [6.45, 7) is 7.81. The van der Waals surface area contributed by atoms with Crippen molar-refractivity contribution in [2.24, 2.45) is 0 Å². The molecule has 1 aliphatic rings. The number of rotatable bonds is 4. The highest BCUT2D eigenvalue weighted by Gasteiger charge is 2.20. The molecule has 3 aromatic rings. The van der Waals surface area contributed by atoms with E-state index < -0.39 is 0 Å². The van der Waals surface area contributed by atoms with Crippen LogP contribution in [0.25, 0.3) is 0 Å². The molecule has 1 aliphatic heterocycles. The Morgan fingerprint density at radius 3 is 2.48 bits per heavy atom. The van der Waals surface area contributed by atoms with E-state index in [1.54, 1.807) is 6.07 Å². The van der Waals surface area contributed by atoms with Gasteiger partial charge in [0.2, 0.25) is 5.95 Å². The molecule has 2 aromatic carbocycles. The van der Waals surface area contributed by atoms with Gasteiger partial charge >= 0.3 is 0 Å². The third-order valence-corrected chi connectivity index (χ3v) is 5.32. The molecule has 0 fully saturated rings. The van der Waals surface area contributed by atoms with E-state index in [0.29, 0.717) is 17.6 Å². The summed E-state index contributed by atoms with van der Waals surface area (Å²) in [5.74, 6) is 0.854. The number of nitrogens with one attached hydrogen (secondary N) is 1. The summed E-state index contributed by atoms with van der Waals surface area (Å²) >= 11 is 0. The lowest BCUT2D eigenvalue weighted by Crippen LogP contribution is -2.32. The average Bonchev–Trinajstić information content (AvgIpc) is 2.73. The topological polar surface area (TPSA) is 58.1 Å². The summed E-state index contributed by atoms with van der Waals surface area (Å²) in [6, 6.07) is 18.1. The van der Waals surface area contributed by atoms with Crippen molar-refractivity contribution in [1.82, 2.24) is 9.97 Å². The van der Waals surface area contributed by atoms with Gasteiger partial charge in [0, 0.05) is 24.5 Å². The highest BCUT2D eigenvalue weighted by Crippen LogP contribution is 2.23. The molecule has 0 bridgehead atoms. The van der Waals surface area contributed by atoms with Crippen LogP contribution in [-0.2, 0) is 13.0 Å². The zero-order valence-corrected chi connectivity index (χ0v) is 17.1. The second-order valence-electron chi connectivity index (χ2n) is 7.87. The van der Waals surface area contributed by atoms with E-state index in [9.17, 15) is 4.79 Å². The third-order valence-electron chi connectivity index (χ3n) is 5.32. The van der Waals surface area contributed by atoms with Crippen molar-refractivity contribution in [3.05, 3.63) is 82.7 Å². The third kappa shape index (κ3) is 4.29. The van der Waals surface area contributed by atoms with Gasteiger partial charge in [0.25, 0.3) is 5.91 Å². The summed E-state index contributed by atoms with van der Waals surface area (Å²) in [5.41, 5.74) is 5.85. The van der Waals surface area contributed by atoms with Gasteiger partial charge < -0.3 is 10.2 Å². The van der Waals surface area contributed by atoms with E-state index >= 15 is 0 Å². The summed E-state index contributed by atoms with van der Waals surface area (Å²) in [5, 5.41) is 2.95. The Morgan fingerprint density at radius 2 is 1.76 bits per heavy atom. The molecule has 29 heavy (non-hydrogen) atoms. The second-order valence-corrected chi connectivity index (χ2v) is 7.87. The van der Waals surface area contributed by atoms with Crippen molar-refractivity contribution in [2.75, 3.05) is 16.8 Å². The van der Waals surface area contributed by atoms with E-state index in [1.165, 1.54) is 16.7 Å². The molecule has 0 saturated heterocycles. The maximum absolute atomic E-state index is 12.8. The molecule has 1 N–H and O–H groups in total. The standard InChI is InChI=1S/C24H26N4O/c1-16(2)18-8-10-21(11-9-18)26-23(29)22-14-17(3)25-24(27-22)28-13-12-19-6-4-5-7-20(19)15-28/h4-11,14,16H,12-13,15H2,1-3H3,(H,26,29). The molecule has 5 nitrogen and oxygen atoms in total. The molecule has 0 saturated carbocycles. The normalized spacial score (nSPS) is 13.3. The zero-order valence-electron chi connectivity index (χ0n) is 17.1. The van der Waals surface area contributed by atoms with Gasteiger partial charge in [-0.3, -0.25) is 4.79 Å². The van der Waals surface area contributed by atoms with Gasteiger partial charge in [-0.1, -0.05) is 50.2 Å². The molecule has 4 rings (SSSR count). The minimum absolute atomic E-state index is 0.216. The fraction of sp³-hybridized carbons (Fsp3) is 0.292. The molecule has 0 spiro atoms. The minimum atomic E-state index is -0.216. The minimum Gasteiger partial charge on any atom is -0.336 e. The molecule has 0 radical (unpaired) electrons. The Morgan fingerprint density at radius 1 is 1.03 bits per heavy atom. The van der Waals surface area contributed by atoms with E-state index in [2.05, 4.69) is 58.3 Å². The number of carbonyl (C=O) groups is 1. The molecular weight excluding hydrogens is 360 g/mol. The number of hydrogen-bond acceptors (Lipinski definition) is 4. The molecule has 0 aliphatic carbocycles. The number of nitrogens with zero attached hydrogens (tertiary/aromatic N) is 3. The van der Waals surface area contributed by atoms with Gasteiger partial charge in [-0.25, -0.2) is 9.97 Å². The first-order valence-electron chi connectivity index (χ1n) is 10.1. The number of benzene rings is 2. The van der Waals surface area contributed by atoms with Crippen LogP contribution in [0.4, 0.5) is 11.6 Å². The SMILES string of the molecule is Cc1cc(C(=O)Nc2ccc(C(C)C)cc2)nc(N2CCc3ccccc3C2)n1. The van der Waals surface area contributed by atoms with Gasteiger partial charge in [0.1, 0.15) is 5.69 Å². The highest BCUT2D eigenvalue weighted by molar-refractivity contribution is 6.03. The van der Waals surface area contributed by atoms with Gasteiger partial charge in [0.15, 0.2) is 0 Å². The number of hydrogen-bond donors (Lipinski definition) is 1. The molecule has 0 unspecified atom stereocenters. The fourth-order valence-corrected chi connectivity index (χ4v) is 3.62. The molecule has 2 heterocycles. The van der Waals surface area contributed by atoms with Crippen molar-refractivity contribution in [2.45, 2.75) is 39.7 Å². The largest absolute Gasteiger partial charge is 0.336 e. The summed E-state index contributed by atoms with van der Waals surface area (Å²) < 4.78 is 0. The van der Waals surface area contributed by atoms with Crippen LogP contribution in [0.5, 0.6) is 0 Å². The van der Waals surface area contributed by atoms with E-state index in [-0.39, 0.29) is 5.91 Å². The Hall–Kier alpha value is -3.21. The van der Waals surface area contributed by atoms with E-state index in [4.69, 9.17) is 0 Å². The second kappa shape index (κ2) is 8.03. The monoisotopic (exact) mass is 386 g/mol. The van der Waals surface area contributed by atoms with Crippen molar-refractivity contribution < 1.29 is 4.79 Å². The van der Waals surface area contributed by atoms with E-state index in [1.807, 2.05) is 31.2 Å². The van der Waals surface area contributed by atoms with Crippen molar-refractivity contribution in [1.29, 1.82) is 0 Å². The molecule has 148 valence electrons. The number of carbonyl (C=O) groups excluding carboxylic acids is 1. The number of aromatic nitrogens is 2. The van der Waals surface area contributed by atoms with Crippen molar-refractivity contribution in [3.63, 3.8) is 0 Å². The van der Waals surface area contributed by atoms with Gasteiger partial charge in [0.05, 0.1) is 0 Å². The molecule has 0 atom stereocenters. The van der Waals surface area contributed by atoms with Crippen LogP contribution in [0.1, 0.15) is 52.6 Å². The van der Waals surface area contributed by atoms with Crippen LogP contribution in [-0.4, -0.2) is 22.4 Å². The zero-order chi connectivity index (χ0) is 20.4. The quantitative estimate of drug-likeness (QED) is 0.705. The number of anilines is 2. The maximum Gasteiger partial charge on any atom is 0.274 e. The first-order chi connectivity index (χ1) is 14.0. The smallest absolute Gasteiger partial charge is 0.274 e. The first-order valence-corrected chi connectivity index (χ1v) is 10.1. The van der Waals surface area contributed by atoms with Gasteiger partial charge in [-0.15, -0.1) is 0 Å². The Bertz CT molecular complexity index is 1030. The van der Waals surface area contributed by atoms with Crippen molar-refractivity contribution >= 4 is 17.5 Å². The molecular formula is C24H26N4O. The molecule has 5 heteroatoms. The predicted octanol–water partition coefficient (Wildman–Crippen LogP) is 4.72. The Kier molecular flexibility index (Phi) is 5.30. The van der Waals surface area contributed by atoms with Crippen LogP contribution >= 0.6 is 0 Å².